The van der Waals surface area contributed by atoms with Crippen molar-refractivity contribution < 1.29 is 23.9 Å². The van der Waals surface area contributed by atoms with E-state index in [4.69, 9.17) is 27.9 Å². The fourth-order valence-corrected chi connectivity index (χ4v) is 3.78. The average Bonchev–Trinajstić information content (AvgIpc) is 3.10. The zero-order valence-corrected chi connectivity index (χ0v) is 19.9. The first kappa shape index (κ1) is 24.0. The highest BCUT2D eigenvalue weighted by atomic mass is 79.9. The van der Waals surface area contributed by atoms with Gasteiger partial charge in [-0.25, -0.2) is 0 Å². The molecule has 0 spiro atoms. The minimum Gasteiger partial charge on any atom is -0.455 e. The maximum Gasteiger partial charge on any atom is 0.311 e. The summed E-state index contributed by atoms with van der Waals surface area (Å²) in [4.78, 5) is 48.9. The normalized spacial score (nSPS) is 15.4. The molecule has 3 amide bonds. The predicted molar refractivity (Wildman–Crippen MR) is 122 cm³/mol. The Morgan fingerprint density at radius 1 is 1.16 bits per heavy atom. The average molecular weight is 543 g/mol. The molecule has 2 aromatic rings. The highest BCUT2D eigenvalue weighted by molar-refractivity contribution is 9.10. The zero-order chi connectivity index (χ0) is 23.4. The Labute approximate surface area is 202 Å². The molecule has 0 aromatic heterocycles. The van der Waals surface area contributed by atoms with Gasteiger partial charge in [-0.05, 0) is 48.9 Å². The van der Waals surface area contributed by atoms with Gasteiger partial charge in [-0.2, -0.15) is 0 Å². The van der Waals surface area contributed by atoms with Gasteiger partial charge in [-0.1, -0.05) is 39.1 Å². The van der Waals surface area contributed by atoms with Gasteiger partial charge in [0.25, 0.3) is 11.8 Å². The third-order valence-electron chi connectivity index (χ3n) is 4.68. The first-order valence-electron chi connectivity index (χ1n) is 9.43. The van der Waals surface area contributed by atoms with Gasteiger partial charge >= 0.3 is 5.97 Å². The maximum atomic E-state index is 12.3. The number of hydrogen-bond donors (Lipinski definition) is 2. The first-order chi connectivity index (χ1) is 15.1. The quantitative estimate of drug-likeness (QED) is 0.541. The van der Waals surface area contributed by atoms with Crippen LogP contribution in [0.2, 0.25) is 10.0 Å². The summed E-state index contributed by atoms with van der Waals surface area (Å²) in [7, 11) is 0. The van der Waals surface area contributed by atoms with Crippen molar-refractivity contribution in [3.63, 3.8) is 0 Å². The van der Waals surface area contributed by atoms with E-state index in [1.165, 1.54) is 18.2 Å². The number of hydrogen-bond acceptors (Lipinski definition) is 5. The van der Waals surface area contributed by atoms with Crippen LogP contribution < -0.4 is 10.7 Å². The van der Waals surface area contributed by atoms with Crippen LogP contribution in [0.1, 0.15) is 22.3 Å². The van der Waals surface area contributed by atoms with E-state index in [9.17, 15) is 19.2 Å². The number of benzene rings is 2. The summed E-state index contributed by atoms with van der Waals surface area (Å²) in [6, 6.07) is 9.64. The van der Waals surface area contributed by atoms with Crippen LogP contribution in [0.15, 0.2) is 40.9 Å². The zero-order valence-electron chi connectivity index (χ0n) is 16.8. The maximum absolute atomic E-state index is 12.3. The number of nitrogens with zero attached hydrogens (tertiary/aromatic N) is 1. The van der Waals surface area contributed by atoms with Gasteiger partial charge < -0.3 is 10.1 Å². The Morgan fingerprint density at radius 2 is 1.91 bits per heavy atom. The molecule has 0 bridgehead atoms. The van der Waals surface area contributed by atoms with Crippen LogP contribution in [-0.2, 0) is 19.1 Å². The second kappa shape index (κ2) is 10.3. The molecular formula is C21H18BrCl2N3O5. The summed E-state index contributed by atoms with van der Waals surface area (Å²) in [5, 5.41) is 4.20. The van der Waals surface area contributed by atoms with Crippen molar-refractivity contribution in [2.45, 2.75) is 13.3 Å². The topological polar surface area (TPSA) is 105 Å². The number of nitrogens with one attached hydrogen (secondary N) is 2. The number of anilines is 1. The van der Waals surface area contributed by atoms with Crippen LogP contribution in [0, 0.1) is 12.8 Å². The van der Waals surface area contributed by atoms with Crippen LogP contribution in [0.5, 0.6) is 0 Å². The number of amides is 3. The molecule has 168 valence electrons. The van der Waals surface area contributed by atoms with Gasteiger partial charge in [-0.15, -0.1) is 0 Å². The molecular weight excluding hydrogens is 525 g/mol. The number of ether oxygens (including phenoxy) is 1. The van der Waals surface area contributed by atoms with Crippen LogP contribution >= 0.6 is 39.1 Å². The van der Waals surface area contributed by atoms with Crippen molar-refractivity contribution in [2.75, 3.05) is 18.5 Å². The molecule has 11 heteroatoms. The van der Waals surface area contributed by atoms with Crippen molar-refractivity contribution in [3.05, 3.63) is 62.0 Å². The number of halogens is 3. The molecule has 1 fully saturated rings. The monoisotopic (exact) mass is 541 g/mol. The molecule has 0 saturated carbocycles. The Kier molecular flexibility index (Phi) is 7.76. The fraction of sp³-hybridized carbons (Fsp3) is 0.238. The van der Waals surface area contributed by atoms with Crippen LogP contribution in [0.3, 0.4) is 0 Å². The van der Waals surface area contributed by atoms with Gasteiger partial charge in [0.15, 0.2) is 6.61 Å². The highest BCUT2D eigenvalue weighted by Crippen LogP contribution is 2.23. The van der Waals surface area contributed by atoms with E-state index >= 15 is 0 Å². The highest BCUT2D eigenvalue weighted by Gasteiger charge is 2.36. The van der Waals surface area contributed by atoms with Gasteiger partial charge in [0.2, 0.25) is 5.91 Å². The second-order valence-electron chi connectivity index (χ2n) is 7.09. The molecule has 1 aliphatic rings. The van der Waals surface area contributed by atoms with E-state index in [0.29, 0.717) is 10.7 Å². The molecule has 1 saturated heterocycles. The fourth-order valence-electron chi connectivity index (χ4n) is 3.01. The van der Waals surface area contributed by atoms with E-state index in [2.05, 4.69) is 26.7 Å². The molecule has 8 nitrogen and oxygen atoms in total. The van der Waals surface area contributed by atoms with Gasteiger partial charge in [-0.3, -0.25) is 29.6 Å². The van der Waals surface area contributed by atoms with Crippen LogP contribution in [0.4, 0.5) is 5.69 Å². The van der Waals surface area contributed by atoms with E-state index in [1.54, 1.807) is 12.1 Å². The molecule has 2 aromatic carbocycles. The van der Waals surface area contributed by atoms with Crippen molar-refractivity contribution in [3.8, 4) is 0 Å². The standard InChI is InChI=1S/C21H18BrCl2N3O5/c1-11-6-14(22)3-5-17(11)25-18(28)10-32-21(31)13-8-19(29)27(9-13)26-20(30)12-2-4-15(23)16(24)7-12/h2-7,13H,8-10H2,1H3,(H,25,28)(H,26,30)/t13-/m0/s1. The number of aryl methyl sites for hydroxylation is 1. The molecule has 1 heterocycles. The Hall–Kier alpha value is -2.62. The van der Waals surface area contributed by atoms with E-state index in [0.717, 1.165) is 15.0 Å². The lowest BCUT2D eigenvalue weighted by molar-refractivity contribution is -0.151. The Bertz CT molecular complexity index is 1100. The van der Waals surface area contributed by atoms with Gasteiger partial charge in [0.1, 0.15) is 0 Å². The van der Waals surface area contributed by atoms with Gasteiger partial charge in [0, 0.05) is 22.1 Å². The van der Waals surface area contributed by atoms with Crippen molar-refractivity contribution in [1.82, 2.24) is 10.4 Å². The molecule has 0 unspecified atom stereocenters. The smallest absolute Gasteiger partial charge is 0.311 e. The summed E-state index contributed by atoms with van der Waals surface area (Å²) in [5.74, 6) is -3.03. The summed E-state index contributed by atoms with van der Waals surface area (Å²) in [6.07, 6.45) is -0.145. The second-order valence-corrected chi connectivity index (χ2v) is 8.82. The summed E-state index contributed by atoms with van der Waals surface area (Å²) in [5.41, 5.74) is 4.08. The molecule has 1 aliphatic heterocycles. The first-order valence-corrected chi connectivity index (χ1v) is 11.0. The van der Waals surface area contributed by atoms with Crippen LogP contribution in [-0.4, -0.2) is 41.9 Å². The summed E-state index contributed by atoms with van der Waals surface area (Å²) in [6.45, 7) is 1.27. The van der Waals surface area contributed by atoms with Crippen molar-refractivity contribution in [2.24, 2.45) is 5.92 Å². The summed E-state index contributed by atoms with van der Waals surface area (Å²) < 4.78 is 5.93. The third-order valence-corrected chi connectivity index (χ3v) is 5.92. The number of esters is 1. The molecule has 32 heavy (non-hydrogen) atoms. The minimum absolute atomic E-state index is 0.0713. The van der Waals surface area contributed by atoms with E-state index in [-0.39, 0.29) is 23.6 Å². The minimum atomic E-state index is -0.807. The Balaban J connectivity index is 1.50. The summed E-state index contributed by atoms with van der Waals surface area (Å²) >= 11 is 15.1. The van der Waals surface area contributed by atoms with Crippen LogP contribution in [0.25, 0.3) is 0 Å². The SMILES string of the molecule is Cc1cc(Br)ccc1NC(=O)COC(=O)[C@H]1CC(=O)N(NC(=O)c2ccc(Cl)c(Cl)c2)C1. The third kappa shape index (κ3) is 5.99. The van der Waals surface area contributed by atoms with E-state index in [1.807, 2.05) is 13.0 Å². The molecule has 0 radical (unpaired) electrons. The van der Waals surface area contributed by atoms with Crippen molar-refractivity contribution in [1.29, 1.82) is 0 Å². The molecule has 1 atom stereocenters. The number of rotatable bonds is 6. The molecule has 3 rings (SSSR count). The molecule has 0 aliphatic carbocycles. The van der Waals surface area contributed by atoms with E-state index < -0.39 is 36.2 Å². The van der Waals surface area contributed by atoms with Crippen molar-refractivity contribution >= 4 is 68.5 Å². The lowest BCUT2D eigenvalue weighted by Crippen LogP contribution is -2.43. The number of carbonyl (C=O) groups is 4. The van der Waals surface area contributed by atoms with Gasteiger partial charge in [0.05, 0.1) is 22.5 Å². The number of hydrazine groups is 1. The Morgan fingerprint density at radius 3 is 2.59 bits per heavy atom. The largest absolute Gasteiger partial charge is 0.455 e. The predicted octanol–water partition coefficient (Wildman–Crippen LogP) is 3.74. The molecule has 2 N–H and O–H groups in total. The lowest BCUT2D eigenvalue weighted by Gasteiger charge is -2.17. The lowest BCUT2D eigenvalue weighted by atomic mass is 10.1. The number of carbonyl (C=O) groups excluding carboxylic acids is 4.